The standard InChI is InChI=1S/C20H23N3O3/c1-20(2,13-25)22-19(26)15-7-5-6-14(12-15)18-21-16-8-3-4-9-17(16)23(18)10-11-24/h3-9,12,24-25H,10-11,13H2,1-2H3,(H,22,26). The van der Waals surface area contributed by atoms with Gasteiger partial charge in [-0.25, -0.2) is 4.98 Å². The second-order valence-electron chi connectivity index (χ2n) is 6.88. The number of rotatable bonds is 6. The summed E-state index contributed by atoms with van der Waals surface area (Å²) in [6.07, 6.45) is 0. The highest BCUT2D eigenvalue weighted by molar-refractivity contribution is 5.96. The van der Waals surface area contributed by atoms with Crippen molar-refractivity contribution >= 4 is 16.9 Å². The second-order valence-corrected chi connectivity index (χ2v) is 6.88. The van der Waals surface area contributed by atoms with Gasteiger partial charge in [-0.05, 0) is 38.1 Å². The Bertz CT molecular complexity index is 931. The fourth-order valence-corrected chi connectivity index (χ4v) is 2.84. The number of fused-ring (bicyclic) bond motifs is 1. The number of aromatic nitrogens is 2. The molecule has 0 saturated carbocycles. The molecule has 0 aliphatic heterocycles. The lowest BCUT2D eigenvalue weighted by Crippen LogP contribution is -2.46. The summed E-state index contributed by atoms with van der Waals surface area (Å²) < 4.78 is 1.95. The topological polar surface area (TPSA) is 87.4 Å². The van der Waals surface area contributed by atoms with Crippen LogP contribution < -0.4 is 5.32 Å². The van der Waals surface area contributed by atoms with Gasteiger partial charge in [0.25, 0.3) is 5.91 Å². The van der Waals surface area contributed by atoms with E-state index in [1.54, 1.807) is 32.0 Å². The summed E-state index contributed by atoms with van der Waals surface area (Å²) in [5.41, 5.74) is 2.37. The van der Waals surface area contributed by atoms with Crippen molar-refractivity contribution in [2.24, 2.45) is 0 Å². The van der Waals surface area contributed by atoms with Crippen molar-refractivity contribution in [3.8, 4) is 11.4 Å². The molecule has 3 N–H and O–H groups in total. The molecule has 0 spiro atoms. The third kappa shape index (κ3) is 3.61. The van der Waals surface area contributed by atoms with E-state index in [4.69, 9.17) is 0 Å². The Morgan fingerprint density at radius 2 is 1.92 bits per heavy atom. The lowest BCUT2D eigenvalue weighted by atomic mass is 10.0. The number of hydrogen-bond donors (Lipinski definition) is 3. The van der Waals surface area contributed by atoms with Crippen LogP contribution >= 0.6 is 0 Å². The van der Waals surface area contributed by atoms with E-state index in [2.05, 4.69) is 10.3 Å². The van der Waals surface area contributed by atoms with Crippen molar-refractivity contribution in [3.05, 3.63) is 54.1 Å². The van der Waals surface area contributed by atoms with Crippen LogP contribution in [-0.4, -0.2) is 44.4 Å². The van der Waals surface area contributed by atoms with Crippen molar-refractivity contribution < 1.29 is 15.0 Å². The van der Waals surface area contributed by atoms with Crippen LogP contribution in [0.1, 0.15) is 24.2 Å². The number of benzene rings is 2. The number of aliphatic hydroxyl groups is 2. The summed E-state index contributed by atoms with van der Waals surface area (Å²) in [4.78, 5) is 17.2. The summed E-state index contributed by atoms with van der Waals surface area (Å²) in [5, 5.41) is 21.6. The fourth-order valence-electron chi connectivity index (χ4n) is 2.84. The molecule has 1 aromatic heterocycles. The van der Waals surface area contributed by atoms with E-state index in [1.165, 1.54) is 0 Å². The summed E-state index contributed by atoms with van der Waals surface area (Å²) in [6.45, 7) is 3.79. The summed E-state index contributed by atoms with van der Waals surface area (Å²) in [7, 11) is 0. The monoisotopic (exact) mass is 353 g/mol. The van der Waals surface area contributed by atoms with E-state index in [0.29, 0.717) is 17.9 Å². The summed E-state index contributed by atoms with van der Waals surface area (Å²) in [6, 6.07) is 14.9. The molecule has 0 aliphatic carbocycles. The van der Waals surface area contributed by atoms with Gasteiger partial charge in [-0.1, -0.05) is 24.3 Å². The SMILES string of the molecule is CC(C)(CO)NC(=O)c1cccc(-c2nc3ccccc3n2CCO)c1. The van der Waals surface area contributed by atoms with Crippen molar-refractivity contribution in [3.63, 3.8) is 0 Å². The number of nitrogens with zero attached hydrogens (tertiary/aromatic N) is 2. The number of amides is 1. The van der Waals surface area contributed by atoms with Crippen LogP contribution in [0.15, 0.2) is 48.5 Å². The number of nitrogens with one attached hydrogen (secondary N) is 1. The van der Waals surface area contributed by atoms with Crippen molar-refractivity contribution in [1.29, 1.82) is 0 Å². The molecule has 6 nitrogen and oxygen atoms in total. The highest BCUT2D eigenvalue weighted by atomic mass is 16.3. The van der Waals surface area contributed by atoms with Gasteiger partial charge < -0.3 is 20.1 Å². The van der Waals surface area contributed by atoms with E-state index in [1.807, 2.05) is 34.9 Å². The molecule has 0 saturated heterocycles. The minimum absolute atomic E-state index is 0.00177. The predicted octanol–water partition coefficient (Wildman–Crippen LogP) is 2.20. The normalized spacial score (nSPS) is 11.7. The Balaban J connectivity index is 2.02. The van der Waals surface area contributed by atoms with Gasteiger partial charge in [-0.3, -0.25) is 4.79 Å². The Kier molecular flexibility index (Phi) is 5.06. The molecule has 3 aromatic rings. The molecular weight excluding hydrogens is 330 g/mol. The zero-order valence-electron chi connectivity index (χ0n) is 14.9. The van der Waals surface area contributed by atoms with Crippen molar-refractivity contribution in [2.75, 3.05) is 13.2 Å². The second kappa shape index (κ2) is 7.27. The van der Waals surface area contributed by atoms with E-state index in [0.717, 1.165) is 16.6 Å². The maximum atomic E-state index is 12.5. The Morgan fingerprint density at radius 1 is 1.15 bits per heavy atom. The van der Waals surface area contributed by atoms with Gasteiger partial charge in [0.2, 0.25) is 0 Å². The van der Waals surface area contributed by atoms with E-state index in [9.17, 15) is 15.0 Å². The zero-order valence-corrected chi connectivity index (χ0v) is 14.9. The van der Waals surface area contributed by atoms with Gasteiger partial charge in [0.15, 0.2) is 0 Å². The third-order valence-electron chi connectivity index (χ3n) is 4.21. The van der Waals surface area contributed by atoms with Gasteiger partial charge in [-0.2, -0.15) is 0 Å². The first-order valence-corrected chi connectivity index (χ1v) is 8.55. The molecule has 0 fully saturated rings. The van der Waals surface area contributed by atoms with Crippen LogP contribution in [0.5, 0.6) is 0 Å². The number of aliphatic hydroxyl groups excluding tert-OH is 2. The molecule has 26 heavy (non-hydrogen) atoms. The molecule has 6 heteroatoms. The van der Waals surface area contributed by atoms with Gasteiger partial charge in [-0.15, -0.1) is 0 Å². The molecule has 0 bridgehead atoms. The van der Waals surface area contributed by atoms with Gasteiger partial charge in [0.05, 0.1) is 29.8 Å². The van der Waals surface area contributed by atoms with Crippen LogP contribution in [0.2, 0.25) is 0 Å². The predicted molar refractivity (Wildman–Crippen MR) is 101 cm³/mol. The van der Waals surface area contributed by atoms with Gasteiger partial charge in [0, 0.05) is 17.7 Å². The summed E-state index contributed by atoms with van der Waals surface area (Å²) >= 11 is 0. The van der Waals surface area contributed by atoms with E-state index in [-0.39, 0.29) is 19.1 Å². The van der Waals surface area contributed by atoms with Crippen molar-refractivity contribution in [1.82, 2.24) is 14.9 Å². The third-order valence-corrected chi connectivity index (χ3v) is 4.21. The Hall–Kier alpha value is -2.70. The molecule has 1 amide bonds. The van der Waals surface area contributed by atoms with Gasteiger partial charge in [0.1, 0.15) is 5.82 Å². The number of imidazole rings is 1. The summed E-state index contributed by atoms with van der Waals surface area (Å²) in [5.74, 6) is 0.451. The fraction of sp³-hybridized carbons (Fsp3) is 0.300. The molecule has 1 heterocycles. The van der Waals surface area contributed by atoms with Crippen LogP contribution in [0.3, 0.4) is 0 Å². The molecule has 0 atom stereocenters. The molecule has 3 rings (SSSR count). The first-order chi connectivity index (χ1) is 12.4. The maximum absolute atomic E-state index is 12.5. The maximum Gasteiger partial charge on any atom is 0.251 e. The number of carbonyl (C=O) groups is 1. The minimum atomic E-state index is -0.697. The lowest BCUT2D eigenvalue weighted by Gasteiger charge is -2.23. The average Bonchev–Trinajstić information content (AvgIpc) is 3.01. The van der Waals surface area contributed by atoms with Crippen LogP contribution in [0.4, 0.5) is 0 Å². The lowest BCUT2D eigenvalue weighted by molar-refractivity contribution is 0.0869. The van der Waals surface area contributed by atoms with Crippen molar-refractivity contribution in [2.45, 2.75) is 25.9 Å². The number of hydrogen-bond acceptors (Lipinski definition) is 4. The highest BCUT2D eigenvalue weighted by Gasteiger charge is 2.21. The largest absolute Gasteiger partial charge is 0.395 e. The quantitative estimate of drug-likeness (QED) is 0.634. The van der Waals surface area contributed by atoms with E-state index >= 15 is 0 Å². The average molecular weight is 353 g/mol. The molecule has 0 aliphatic rings. The molecular formula is C20H23N3O3. The molecule has 136 valence electrons. The minimum Gasteiger partial charge on any atom is -0.395 e. The van der Waals surface area contributed by atoms with Crippen LogP contribution in [0, 0.1) is 0 Å². The molecule has 0 radical (unpaired) electrons. The highest BCUT2D eigenvalue weighted by Crippen LogP contribution is 2.25. The molecule has 2 aromatic carbocycles. The van der Waals surface area contributed by atoms with E-state index < -0.39 is 5.54 Å². The van der Waals surface area contributed by atoms with Crippen LogP contribution in [0.25, 0.3) is 22.4 Å². The Labute approximate surface area is 152 Å². The number of para-hydroxylation sites is 2. The zero-order chi connectivity index (χ0) is 18.7. The number of carbonyl (C=O) groups excluding carboxylic acids is 1. The first kappa shape index (κ1) is 18.1. The Morgan fingerprint density at radius 3 is 2.65 bits per heavy atom. The smallest absolute Gasteiger partial charge is 0.251 e. The van der Waals surface area contributed by atoms with Crippen LogP contribution in [-0.2, 0) is 6.54 Å². The van der Waals surface area contributed by atoms with Gasteiger partial charge >= 0.3 is 0 Å². The first-order valence-electron chi connectivity index (χ1n) is 8.55. The molecule has 0 unspecified atom stereocenters.